The van der Waals surface area contributed by atoms with Crippen LogP contribution in [0.1, 0.15) is 56.8 Å². The fraction of sp³-hybridized carbons (Fsp3) is 0.360. The number of amides is 1. The van der Waals surface area contributed by atoms with Gasteiger partial charge in [0.2, 0.25) is 0 Å². The number of carbonyl (C=O) groups is 1. The van der Waals surface area contributed by atoms with Crippen LogP contribution in [-0.4, -0.2) is 31.1 Å². The van der Waals surface area contributed by atoms with Crippen molar-refractivity contribution in [2.75, 3.05) is 11.9 Å². The maximum Gasteiger partial charge on any atom is 0.267 e. The molecule has 0 spiro atoms. The predicted molar refractivity (Wildman–Crippen MR) is 141 cm³/mol. The van der Waals surface area contributed by atoms with E-state index in [9.17, 15) is 9.59 Å². The molecule has 0 atom stereocenters. The molecule has 0 unspecified atom stereocenters. The van der Waals surface area contributed by atoms with Crippen molar-refractivity contribution in [1.29, 1.82) is 0 Å². The summed E-state index contributed by atoms with van der Waals surface area (Å²) in [7, 11) is 0. The van der Waals surface area contributed by atoms with Gasteiger partial charge in [-0.15, -0.1) is 0 Å². The summed E-state index contributed by atoms with van der Waals surface area (Å²) in [5.74, 6) is 0.957. The number of furan rings is 1. The summed E-state index contributed by atoms with van der Waals surface area (Å²) < 4.78 is 7.39. The molecule has 4 rings (SSSR count). The molecule has 1 aliphatic heterocycles. The quantitative estimate of drug-likeness (QED) is 0.214. The zero-order chi connectivity index (χ0) is 23.9. The molecular formula is C25H28N4O3S2. The fourth-order valence-electron chi connectivity index (χ4n) is 3.83. The van der Waals surface area contributed by atoms with E-state index in [0.29, 0.717) is 45.1 Å². The number of nitrogens with zero attached hydrogens (tertiary/aromatic N) is 3. The van der Waals surface area contributed by atoms with Crippen LogP contribution >= 0.6 is 24.0 Å². The first-order valence-electron chi connectivity index (χ1n) is 11.6. The Labute approximate surface area is 208 Å². The van der Waals surface area contributed by atoms with Crippen LogP contribution in [0.15, 0.2) is 56.9 Å². The molecule has 0 saturated carbocycles. The van der Waals surface area contributed by atoms with E-state index >= 15 is 0 Å². The van der Waals surface area contributed by atoms with Crippen molar-refractivity contribution in [2.24, 2.45) is 0 Å². The van der Waals surface area contributed by atoms with Crippen molar-refractivity contribution in [3.8, 4) is 0 Å². The minimum Gasteiger partial charge on any atom is -0.467 e. The standard InChI is InChI=1S/C25H28N4O3S2/c1-2-3-4-5-6-8-14-29-24(31)20(34-25(29)33)16-19-22(26-17-18-11-10-15-32-18)27-21-12-7-9-13-28(21)23(19)30/h7,9-13,15-16,26H,2-6,8,14,17H2,1H3/b20-16+. The van der Waals surface area contributed by atoms with Gasteiger partial charge in [-0.3, -0.25) is 18.9 Å². The van der Waals surface area contributed by atoms with Gasteiger partial charge in [0.25, 0.3) is 11.5 Å². The lowest BCUT2D eigenvalue weighted by Gasteiger charge is -2.14. The van der Waals surface area contributed by atoms with Crippen LogP contribution in [0, 0.1) is 0 Å². The molecule has 9 heteroatoms. The number of pyridine rings is 1. The number of carbonyl (C=O) groups excluding carboxylic acids is 1. The third kappa shape index (κ3) is 5.59. The van der Waals surface area contributed by atoms with Gasteiger partial charge in [0.15, 0.2) is 0 Å². The predicted octanol–water partition coefficient (Wildman–Crippen LogP) is 5.46. The topological polar surface area (TPSA) is 79.8 Å². The molecule has 3 aromatic heterocycles. The van der Waals surface area contributed by atoms with Gasteiger partial charge in [0.1, 0.15) is 21.5 Å². The van der Waals surface area contributed by atoms with E-state index < -0.39 is 0 Å². The second-order valence-corrected chi connectivity index (χ2v) is 9.82. The van der Waals surface area contributed by atoms with E-state index in [-0.39, 0.29) is 11.5 Å². The van der Waals surface area contributed by atoms with Crippen molar-refractivity contribution in [2.45, 2.75) is 52.0 Å². The number of anilines is 1. The number of rotatable bonds is 11. The van der Waals surface area contributed by atoms with Crippen LogP contribution in [0.25, 0.3) is 11.7 Å². The van der Waals surface area contributed by atoms with Gasteiger partial charge < -0.3 is 9.73 Å². The summed E-state index contributed by atoms with van der Waals surface area (Å²) in [5.41, 5.74) is 0.575. The number of nitrogens with one attached hydrogen (secondary N) is 1. The number of fused-ring (bicyclic) bond motifs is 1. The molecule has 3 aromatic rings. The molecule has 0 aliphatic carbocycles. The van der Waals surface area contributed by atoms with Crippen LogP contribution in [0.4, 0.5) is 5.82 Å². The maximum absolute atomic E-state index is 13.3. The molecule has 1 saturated heterocycles. The molecule has 1 fully saturated rings. The third-order valence-electron chi connectivity index (χ3n) is 5.66. The summed E-state index contributed by atoms with van der Waals surface area (Å²) in [6.45, 7) is 3.16. The van der Waals surface area contributed by atoms with Gasteiger partial charge in [0, 0.05) is 12.7 Å². The van der Waals surface area contributed by atoms with E-state index in [4.69, 9.17) is 16.6 Å². The molecule has 7 nitrogen and oxygen atoms in total. The van der Waals surface area contributed by atoms with Crippen molar-refractivity contribution in [1.82, 2.24) is 14.3 Å². The Morgan fingerprint density at radius 1 is 1.12 bits per heavy atom. The van der Waals surface area contributed by atoms with E-state index in [1.807, 2.05) is 12.1 Å². The van der Waals surface area contributed by atoms with Crippen LogP contribution in [0.5, 0.6) is 0 Å². The van der Waals surface area contributed by atoms with Gasteiger partial charge in [-0.2, -0.15) is 0 Å². The number of unbranched alkanes of at least 4 members (excludes halogenated alkanes) is 5. The Hall–Kier alpha value is -2.91. The largest absolute Gasteiger partial charge is 0.467 e. The smallest absolute Gasteiger partial charge is 0.267 e. The molecule has 34 heavy (non-hydrogen) atoms. The zero-order valence-corrected chi connectivity index (χ0v) is 20.8. The van der Waals surface area contributed by atoms with Gasteiger partial charge in [-0.1, -0.05) is 69.1 Å². The third-order valence-corrected chi connectivity index (χ3v) is 7.04. The number of aromatic nitrogens is 2. The lowest BCUT2D eigenvalue weighted by atomic mass is 10.1. The lowest BCUT2D eigenvalue weighted by Crippen LogP contribution is -2.29. The van der Waals surface area contributed by atoms with Gasteiger partial charge in [-0.25, -0.2) is 4.98 Å². The lowest BCUT2D eigenvalue weighted by molar-refractivity contribution is -0.122. The Balaban J connectivity index is 1.57. The van der Waals surface area contributed by atoms with Gasteiger partial charge >= 0.3 is 0 Å². The Morgan fingerprint density at radius 2 is 1.94 bits per heavy atom. The highest BCUT2D eigenvalue weighted by molar-refractivity contribution is 8.26. The van der Waals surface area contributed by atoms with Crippen molar-refractivity contribution < 1.29 is 9.21 Å². The highest BCUT2D eigenvalue weighted by atomic mass is 32.2. The normalized spacial score (nSPS) is 15.1. The summed E-state index contributed by atoms with van der Waals surface area (Å²) in [6, 6.07) is 9.01. The Bertz CT molecular complexity index is 1250. The van der Waals surface area contributed by atoms with E-state index in [1.54, 1.807) is 41.6 Å². The van der Waals surface area contributed by atoms with Gasteiger partial charge in [-0.05, 0) is 36.8 Å². The second-order valence-electron chi connectivity index (χ2n) is 8.14. The molecule has 1 amide bonds. The minimum atomic E-state index is -0.256. The first kappa shape index (κ1) is 24.2. The molecule has 1 aliphatic rings. The average molecular weight is 497 g/mol. The van der Waals surface area contributed by atoms with E-state index in [2.05, 4.69) is 17.2 Å². The number of thiocarbonyl (C=S) groups is 1. The Morgan fingerprint density at radius 3 is 2.74 bits per heavy atom. The first-order valence-corrected chi connectivity index (χ1v) is 12.8. The van der Waals surface area contributed by atoms with Crippen molar-refractivity contribution >= 4 is 51.7 Å². The molecule has 0 bridgehead atoms. The molecule has 0 aromatic carbocycles. The fourth-order valence-corrected chi connectivity index (χ4v) is 5.12. The van der Waals surface area contributed by atoms with E-state index in [0.717, 1.165) is 12.8 Å². The second kappa shape index (κ2) is 11.5. The molecule has 178 valence electrons. The summed E-state index contributed by atoms with van der Waals surface area (Å²) in [5, 5.41) is 3.19. The number of thioether (sulfide) groups is 1. The molecule has 1 N–H and O–H groups in total. The maximum atomic E-state index is 13.3. The minimum absolute atomic E-state index is 0.155. The summed E-state index contributed by atoms with van der Waals surface area (Å²) >= 11 is 6.71. The van der Waals surface area contributed by atoms with Gasteiger partial charge in [0.05, 0.1) is 23.3 Å². The number of hydrogen-bond acceptors (Lipinski definition) is 7. The zero-order valence-electron chi connectivity index (χ0n) is 19.2. The molecular weight excluding hydrogens is 468 g/mol. The van der Waals surface area contributed by atoms with Crippen LogP contribution in [0.2, 0.25) is 0 Å². The molecule has 0 radical (unpaired) electrons. The molecule has 4 heterocycles. The van der Waals surface area contributed by atoms with Crippen molar-refractivity contribution in [3.05, 3.63) is 69.4 Å². The monoisotopic (exact) mass is 496 g/mol. The average Bonchev–Trinajstić information content (AvgIpc) is 3.45. The van der Waals surface area contributed by atoms with Crippen LogP contribution in [-0.2, 0) is 11.3 Å². The van der Waals surface area contributed by atoms with Crippen LogP contribution < -0.4 is 10.9 Å². The summed E-state index contributed by atoms with van der Waals surface area (Å²) in [4.78, 5) is 33.1. The van der Waals surface area contributed by atoms with Crippen LogP contribution in [0.3, 0.4) is 0 Å². The van der Waals surface area contributed by atoms with E-state index in [1.165, 1.54) is 41.8 Å². The Kier molecular flexibility index (Phi) is 8.18. The SMILES string of the molecule is CCCCCCCCN1C(=O)/C(=C\c2c(NCc3ccco3)nc3ccccn3c2=O)SC1=S. The number of hydrogen-bond donors (Lipinski definition) is 1. The van der Waals surface area contributed by atoms with Crippen molar-refractivity contribution in [3.63, 3.8) is 0 Å². The highest BCUT2D eigenvalue weighted by Gasteiger charge is 2.32. The first-order chi connectivity index (χ1) is 16.6. The summed E-state index contributed by atoms with van der Waals surface area (Å²) in [6.07, 6.45) is 11.7. The highest BCUT2D eigenvalue weighted by Crippen LogP contribution is 2.33.